The van der Waals surface area contributed by atoms with Gasteiger partial charge in [0.2, 0.25) is 5.82 Å². The van der Waals surface area contributed by atoms with Crippen LogP contribution in [-0.2, 0) is 6.54 Å². The number of carbonyl (C=O) groups is 1. The lowest BCUT2D eigenvalue weighted by atomic mass is 10.0. The third kappa shape index (κ3) is 2.90. The number of carbonyl (C=O) groups excluding carboxylic acids is 1. The normalized spacial score (nSPS) is 15.6. The molecule has 0 saturated carbocycles. The van der Waals surface area contributed by atoms with Gasteiger partial charge in [0.1, 0.15) is 0 Å². The first-order chi connectivity index (χ1) is 13.7. The van der Waals surface area contributed by atoms with Gasteiger partial charge in [-0.2, -0.15) is 0 Å². The fourth-order valence-electron chi connectivity index (χ4n) is 3.75. The first-order valence-corrected chi connectivity index (χ1v) is 9.74. The molecule has 0 radical (unpaired) electrons. The van der Waals surface area contributed by atoms with Gasteiger partial charge in [0.15, 0.2) is 5.82 Å². The highest BCUT2D eigenvalue weighted by atomic mass is 35.5. The minimum atomic E-state index is -0.110. The van der Waals surface area contributed by atoms with Gasteiger partial charge in [-0.05, 0) is 31.0 Å². The molecule has 6 nitrogen and oxygen atoms in total. The number of rotatable bonds is 2. The quantitative estimate of drug-likeness (QED) is 0.671. The Labute approximate surface area is 167 Å². The van der Waals surface area contributed by atoms with Gasteiger partial charge < -0.3 is 4.90 Å². The zero-order valence-corrected chi connectivity index (χ0v) is 15.9. The fourth-order valence-corrected chi connectivity index (χ4v) is 3.92. The predicted octanol–water partition coefficient (Wildman–Crippen LogP) is 3.51. The van der Waals surface area contributed by atoms with Gasteiger partial charge in [-0.1, -0.05) is 41.9 Å². The molecule has 7 heteroatoms. The summed E-state index contributed by atoms with van der Waals surface area (Å²) in [5.41, 5.74) is 3.55. The van der Waals surface area contributed by atoms with Crippen LogP contribution in [-0.4, -0.2) is 44.4 Å². The van der Waals surface area contributed by atoms with Crippen LogP contribution in [0.1, 0.15) is 40.4 Å². The van der Waals surface area contributed by atoms with Gasteiger partial charge in [0.25, 0.3) is 5.91 Å². The van der Waals surface area contributed by atoms with Crippen molar-refractivity contribution < 1.29 is 4.79 Å². The SMILES string of the molecule is O=C(c1nc2n(n1)-c1ccc(Cl)cc1C(c1ccccc1)=NC2)N1CCCC1. The van der Waals surface area contributed by atoms with Crippen molar-refractivity contribution in [3.05, 3.63) is 76.3 Å². The highest BCUT2D eigenvalue weighted by Gasteiger charge is 2.27. The molecule has 1 aromatic heterocycles. The first-order valence-electron chi connectivity index (χ1n) is 9.36. The Morgan fingerprint density at radius 1 is 1.04 bits per heavy atom. The van der Waals surface area contributed by atoms with Crippen LogP contribution in [0.3, 0.4) is 0 Å². The molecule has 1 amide bonds. The van der Waals surface area contributed by atoms with Crippen LogP contribution in [0.2, 0.25) is 5.02 Å². The summed E-state index contributed by atoms with van der Waals surface area (Å²) in [6.45, 7) is 1.88. The maximum absolute atomic E-state index is 12.7. The third-order valence-electron chi connectivity index (χ3n) is 5.13. The minimum Gasteiger partial charge on any atom is -0.336 e. The molecule has 0 bridgehead atoms. The number of amides is 1. The number of aromatic nitrogens is 3. The smallest absolute Gasteiger partial charge is 0.293 e. The Morgan fingerprint density at radius 3 is 2.61 bits per heavy atom. The summed E-state index contributed by atoms with van der Waals surface area (Å²) in [7, 11) is 0. The number of fused-ring (bicyclic) bond motifs is 3. The van der Waals surface area contributed by atoms with E-state index in [9.17, 15) is 4.79 Å². The summed E-state index contributed by atoms with van der Waals surface area (Å²) in [5.74, 6) is 0.772. The topological polar surface area (TPSA) is 63.4 Å². The number of likely N-dealkylation sites (tertiary alicyclic amines) is 1. The average Bonchev–Trinajstić information content (AvgIpc) is 3.37. The summed E-state index contributed by atoms with van der Waals surface area (Å²) in [4.78, 5) is 23.9. The molecule has 0 aliphatic carbocycles. The number of benzene rings is 2. The molecule has 28 heavy (non-hydrogen) atoms. The Hall–Kier alpha value is -2.99. The molecular weight excluding hydrogens is 374 g/mol. The van der Waals surface area contributed by atoms with Crippen molar-refractivity contribution in [2.75, 3.05) is 13.1 Å². The van der Waals surface area contributed by atoms with Gasteiger partial charge in [-0.3, -0.25) is 9.79 Å². The summed E-state index contributed by atoms with van der Waals surface area (Å²) in [6, 6.07) is 15.6. The fraction of sp³-hybridized carbons (Fsp3) is 0.238. The van der Waals surface area contributed by atoms with E-state index in [1.165, 1.54) is 0 Å². The number of aliphatic imine (C=N–C) groups is 1. The largest absolute Gasteiger partial charge is 0.336 e. The van der Waals surface area contributed by atoms with Gasteiger partial charge in [-0.25, -0.2) is 9.67 Å². The van der Waals surface area contributed by atoms with Crippen molar-refractivity contribution in [1.29, 1.82) is 0 Å². The lowest BCUT2D eigenvalue weighted by Gasteiger charge is -2.13. The van der Waals surface area contributed by atoms with Gasteiger partial charge in [-0.15, -0.1) is 5.10 Å². The van der Waals surface area contributed by atoms with Crippen LogP contribution in [0.15, 0.2) is 53.5 Å². The zero-order valence-electron chi connectivity index (χ0n) is 15.2. The van der Waals surface area contributed by atoms with E-state index in [-0.39, 0.29) is 11.7 Å². The standard InChI is InChI=1S/C21H18ClN5O/c22-15-8-9-17-16(12-15)19(14-6-2-1-3-7-14)23-13-18-24-20(25-27(17)18)21(28)26-10-4-5-11-26/h1-3,6-9,12H,4-5,10-11,13H2. The molecule has 1 saturated heterocycles. The van der Waals surface area contributed by atoms with Crippen molar-refractivity contribution in [2.24, 2.45) is 4.99 Å². The van der Waals surface area contributed by atoms with E-state index in [0.717, 1.165) is 48.5 Å². The maximum Gasteiger partial charge on any atom is 0.293 e. The number of hydrogen-bond acceptors (Lipinski definition) is 4. The Kier molecular flexibility index (Phi) is 4.20. The van der Waals surface area contributed by atoms with E-state index in [1.807, 2.05) is 53.4 Å². The Morgan fingerprint density at radius 2 is 1.82 bits per heavy atom. The zero-order chi connectivity index (χ0) is 19.1. The first kappa shape index (κ1) is 17.1. The van der Waals surface area contributed by atoms with Gasteiger partial charge in [0.05, 0.1) is 17.9 Å². The van der Waals surface area contributed by atoms with E-state index >= 15 is 0 Å². The van der Waals surface area contributed by atoms with Crippen molar-refractivity contribution in [3.63, 3.8) is 0 Å². The summed E-state index contributed by atoms with van der Waals surface area (Å²) in [5, 5.41) is 5.18. The van der Waals surface area contributed by atoms with Crippen molar-refractivity contribution >= 4 is 23.2 Å². The van der Waals surface area contributed by atoms with E-state index in [2.05, 4.69) is 10.1 Å². The predicted molar refractivity (Wildman–Crippen MR) is 107 cm³/mol. The van der Waals surface area contributed by atoms with Crippen LogP contribution in [0.25, 0.3) is 5.69 Å². The highest BCUT2D eigenvalue weighted by Crippen LogP contribution is 2.27. The Balaban J connectivity index is 1.62. The molecule has 2 aliphatic heterocycles. The van der Waals surface area contributed by atoms with E-state index < -0.39 is 0 Å². The molecule has 0 atom stereocenters. The highest BCUT2D eigenvalue weighted by molar-refractivity contribution is 6.31. The van der Waals surface area contributed by atoms with Gasteiger partial charge >= 0.3 is 0 Å². The second kappa shape index (κ2) is 6.87. The summed E-state index contributed by atoms with van der Waals surface area (Å²) in [6.07, 6.45) is 2.07. The van der Waals surface area contributed by atoms with Crippen molar-refractivity contribution in [3.8, 4) is 5.69 Å². The average molecular weight is 392 g/mol. The number of halogens is 1. The molecule has 0 spiro atoms. The van der Waals surface area contributed by atoms with Crippen LogP contribution in [0, 0.1) is 0 Å². The number of hydrogen-bond donors (Lipinski definition) is 0. The molecular formula is C21H18ClN5O. The number of nitrogens with zero attached hydrogens (tertiary/aromatic N) is 5. The summed E-state index contributed by atoms with van der Waals surface area (Å²) < 4.78 is 1.73. The van der Waals surface area contributed by atoms with Crippen molar-refractivity contribution in [1.82, 2.24) is 19.7 Å². The third-order valence-corrected chi connectivity index (χ3v) is 5.36. The van der Waals surface area contributed by atoms with E-state index in [4.69, 9.17) is 16.6 Å². The second-order valence-electron chi connectivity index (χ2n) is 6.96. The molecule has 2 aliphatic rings. The minimum absolute atomic E-state index is 0.110. The van der Waals surface area contributed by atoms with Gasteiger partial charge in [0, 0.05) is 29.2 Å². The molecule has 5 rings (SSSR count). The molecule has 3 heterocycles. The van der Waals surface area contributed by atoms with E-state index in [1.54, 1.807) is 4.68 Å². The van der Waals surface area contributed by atoms with Crippen molar-refractivity contribution in [2.45, 2.75) is 19.4 Å². The molecule has 0 N–H and O–H groups in total. The molecule has 2 aromatic carbocycles. The molecule has 0 unspecified atom stereocenters. The lowest BCUT2D eigenvalue weighted by molar-refractivity contribution is 0.0781. The second-order valence-corrected chi connectivity index (χ2v) is 7.39. The molecule has 1 fully saturated rings. The molecule has 140 valence electrons. The van der Waals surface area contributed by atoms with Crippen LogP contribution in [0.4, 0.5) is 0 Å². The van der Waals surface area contributed by atoms with Crippen LogP contribution < -0.4 is 0 Å². The monoisotopic (exact) mass is 391 g/mol. The maximum atomic E-state index is 12.7. The summed E-state index contributed by atoms with van der Waals surface area (Å²) >= 11 is 6.29. The van der Waals surface area contributed by atoms with Crippen LogP contribution >= 0.6 is 11.6 Å². The Bertz CT molecular complexity index is 1080. The lowest BCUT2D eigenvalue weighted by Crippen LogP contribution is -2.28. The van der Waals surface area contributed by atoms with Crippen LogP contribution in [0.5, 0.6) is 0 Å². The molecule has 3 aromatic rings. The van der Waals surface area contributed by atoms with E-state index in [0.29, 0.717) is 17.4 Å².